The zero-order valence-corrected chi connectivity index (χ0v) is 9.25. The molecule has 0 aromatic heterocycles. The molecular formula is C12H21NO. The van der Waals surface area contributed by atoms with Crippen LogP contribution in [0, 0.1) is 0 Å². The van der Waals surface area contributed by atoms with Crippen LogP contribution in [0.15, 0.2) is 23.8 Å². The molecule has 0 saturated carbocycles. The molecule has 0 heterocycles. The van der Waals surface area contributed by atoms with E-state index in [4.69, 9.17) is 5.73 Å². The standard InChI is InChI=1S/C12H21NO/c1-3-5-7-8-10-11(12(13)14)9-6-4-2/h6,9-10H,3-5,7-8H2,1-2H3,(H2,13,14). The van der Waals surface area contributed by atoms with Gasteiger partial charge in [0.25, 0.3) is 0 Å². The third-order valence-corrected chi connectivity index (χ3v) is 1.99. The van der Waals surface area contributed by atoms with Crippen LogP contribution in [0.25, 0.3) is 0 Å². The van der Waals surface area contributed by atoms with E-state index in [1.54, 1.807) is 0 Å². The first-order valence-electron chi connectivity index (χ1n) is 5.38. The molecule has 0 atom stereocenters. The summed E-state index contributed by atoms with van der Waals surface area (Å²) in [5, 5.41) is 0. The molecule has 2 N–H and O–H groups in total. The largest absolute Gasteiger partial charge is 0.366 e. The van der Waals surface area contributed by atoms with Gasteiger partial charge in [0.2, 0.25) is 5.91 Å². The van der Waals surface area contributed by atoms with Crippen molar-refractivity contribution >= 4 is 5.91 Å². The smallest absolute Gasteiger partial charge is 0.248 e. The molecule has 0 saturated heterocycles. The van der Waals surface area contributed by atoms with E-state index < -0.39 is 0 Å². The van der Waals surface area contributed by atoms with E-state index in [1.807, 2.05) is 25.2 Å². The second kappa shape index (κ2) is 8.54. The predicted octanol–water partition coefficient (Wildman–Crippen LogP) is 2.94. The Morgan fingerprint density at radius 3 is 2.50 bits per heavy atom. The topological polar surface area (TPSA) is 43.1 Å². The molecule has 2 nitrogen and oxygen atoms in total. The molecule has 0 radical (unpaired) electrons. The van der Waals surface area contributed by atoms with Gasteiger partial charge < -0.3 is 5.73 Å². The highest BCUT2D eigenvalue weighted by Gasteiger charge is 1.98. The van der Waals surface area contributed by atoms with Crippen LogP contribution in [-0.2, 0) is 4.79 Å². The highest BCUT2D eigenvalue weighted by atomic mass is 16.1. The lowest BCUT2D eigenvalue weighted by Gasteiger charge is -1.97. The molecule has 0 fully saturated rings. The van der Waals surface area contributed by atoms with Crippen LogP contribution >= 0.6 is 0 Å². The molecule has 0 rings (SSSR count). The average molecular weight is 195 g/mol. The number of hydrogen-bond acceptors (Lipinski definition) is 1. The molecular weight excluding hydrogens is 174 g/mol. The Labute approximate surface area is 86.9 Å². The summed E-state index contributed by atoms with van der Waals surface area (Å²) in [7, 11) is 0. The Bertz CT molecular complexity index is 216. The number of nitrogens with two attached hydrogens (primary N) is 1. The third-order valence-electron chi connectivity index (χ3n) is 1.99. The van der Waals surface area contributed by atoms with E-state index in [1.165, 1.54) is 12.8 Å². The minimum absolute atomic E-state index is 0.328. The average Bonchev–Trinajstić information content (AvgIpc) is 2.16. The van der Waals surface area contributed by atoms with E-state index in [0.29, 0.717) is 5.57 Å². The highest BCUT2D eigenvalue weighted by Crippen LogP contribution is 2.05. The Hall–Kier alpha value is -1.05. The Balaban J connectivity index is 4.06. The van der Waals surface area contributed by atoms with Crippen LogP contribution in [0.4, 0.5) is 0 Å². The van der Waals surface area contributed by atoms with Crippen molar-refractivity contribution in [2.45, 2.75) is 46.0 Å². The van der Waals surface area contributed by atoms with Gasteiger partial charge in [-0.2, -0.15) is 0 Å². The van der Waals surface area contributed by atoms with Gasteiger partial charge in [-0.05, 0) is 19.3 Å². The van der Waals surface area contributed by atoms with Gasteiger partial charge >= 0.3 is 0 Å². The van der Waals surface area contributed by atoms with Crippen LogP contribution in [-0.4, -0.2) is 5.91 Å². The molecule has 0 aromatic rings. The van der Waals surface area contributed by atoms with Gasteiger partial charge in [0.1, 0.15) is 0 Å². The first kappa shape index (κ1) is 12.9. The van der Waals surface area contributed by atoms with Crippen molar-refractivity contribution < 1.29 is 4.79 Å². The lowest BCUT2D eigenvalue weighted by atomic mass is 10.1. The summed E-state index contributed by atoms with van der Waals surface area (Å²) in [6.45, 7) is 4.20. The van der Waals surface area contributed by atoms with E-state index in [2.05, 4.69) is 6.92 Å². The molecule has 0 unspecified atom stereocenters. The highest BCUT2D eigenvalue weighted by molar-refractivity contribution is 5.94. The van der Waals surface area contributed by atoms with Gasteiger partial charge in [-0.3, -0.25) is 4.79 Å². The number of carbonyl (C=O) groups excluding carboxylic acids is 1. The summed E-state index contributed by atoms with van der Waals surface area (Å²) in [6, 6.07) is 0. The van der Waals surface area contributed by atoms with Crippen LogP contribution in [0.2, 0.25) is 0 Å². The molecule has 0 bridgehead atoms. The molecule has 80 valence electrons. The van der Waals surface area contributed by atoms with E-state index >= 15 is 0 Å². The number of allylic oxidation sites excluding steroid dienone is 2. The summed E-state index contributed by atoms with van der Waals surface area (Å²) >= 11 is 0. The van der Waals surface area contributed by atoms with Crippen molar-refractivity contribution in [2.75, 3.05) is 0 Å². The van der Waals surface area contributed by atoms with Crippen LogP contribution in [0.3, 0.4) is 0 Å². The lowest BCUT2D eigenvalue weighted by molar-refractivity contribution is -0.114. The van der Waals surface area contributed by atoms with E-state index in [-0.39, 0.29) is 5.91 Å². The van der Waals surface area contributed by atoms with Crippen molar-refractivity contribution in [2.24, 2.45) is 5.73 Å². The molecule has 0 aromatic carbocycles. The van der Waals surface area contributed by atoms with Gasteiger partial charge in [-0.25, -0.2) is 0 Å². The van der Waals surface area contributed by atoms with E-state index in [9.17, 15) is 4.79 Å². The summed E-state index contributed by atoms with van der Waals surface area (Å²) in [4.78, 5) is 11.0. The Morgan fingerprint density at radius 2 is 2.00 bits per heavy atom. The van der Waals surface area contributed by atoms with Crippen molar-refractivity contribution in [1.29, 1.82) is 0 Å². The Kier molecular flexibility index (Phi) is 7.90. The number of rotatable bonds is 7. The molecule has 0 aliphatic heterocycles. The Morgan fingerprint density at radius 1 is 1.29 bits per heavy atom. The summed E-state index contributed by atoms with van der Waals surface area (Å²) in [5.41, 5.74) is 5.88. The van der Waals surface area contributed by atoms with Gasteiger partial charge in [0, 0.05) is 5.57 Å². The zero-order chi connectivity index (χ0) is 10.8. The fraction of sp³-hybridized carbons (Fsp3) is 0.583. The maximum Gasteiger partial charge on any atom is 0.248 e. The monoisotopic (exact) mass is 195 g/mol. The SMILES string of the molecule is CCC=CC(=CCCCCC)C(N)=O. The molecule has 0 aliphatic rings. The zero-order valence-electron chi connectivity index (χ0n) is 9.25. The number of hydrogen-bond donors (Lipinski definition) is 1. The molecule has 0 spiro atoms. The van der Waals surface area contributed by atoms with Crippen LogP contribution < -0.4 is 5.73 Å². The van der Waals surface area contributed by atoms with E-state index in [0.717, 1.165) is 19.3 Å². The first-order valence-corrected chi connectivity index (χ1v) is 5.38. The number of unbranched alkanes of at least 4 members (excludes halogenated alkanes) is 3. The maximum absolute atomic E-state index is 11.0. The predicted molar refractivity (Wildman–Crippen MR) is 60.9 cm³/mol. The third kappa shape index (κ3) is 6.46. The number of primary amides is 1. The molecule has 0 aliphatic carbocycles. The minimum Gasteiger partial charge on any atom is -0.366 e. The summed E-state index contributed by atoms with van der Waals surface area (Å²) < 4.78 is 0. The molecule has 1 amide bonds. The normalized spacial score (nSPS) is 12.3. The van der Waals surface area contributed by atoms with Crippen molar-refractivity contribution in [3.05, 3.63) is 23.8 Å². The molecule has 14 heavy (non-hydrogen) atoms. The maximum atomic E-state index is 11.0. The van der Waals surface area contributed by atoms with Crippen LogP contribution in [0.5, 0.6) is 0 Å². The van der Waals surface area contributed by atoms with Gasteiger partial charge in [0.05, 0.1) is 0 Å². The molecule has 2 heteroatoms. The lowest BCUT2D eigenvalue weighted by Crippen LogP contribution is -2.12. The van der Waals surface area contributed by atoms with Gasteiger partial charge in [-0.15, -0.1) is 0 Å². The van der Waals surface area contributed by atoms with Crippen molar-refractivity contribution in [3.63, 3.8) is 0 Å². The van der Waals surface area contributed by atoms with Crippen LogP contribution in [0.1, 0.15) is 46.0 Å². The summed E-state index contributed by atoms with van der Waals surface area (Å²) in [5.74, 6) is -0.328. The fourth-order valence-electron chi connectivity index (χ4n) is 1.15. The second-order valence-corrected chi connectivity index (χ2v) is 3.33. The van der Waals surface area contributed by atoms with Crippen molar-refractivity contribution in [1.82, 2.24) is 0 Å². The summed E-state index contributed by atoms with van der Waals surface area (Å²) in [6.07, 6.45) is 11.1. The van der Waals surface area contributed by atoms with Crippen molar-refractivity contribution in [3.8, 4) is 0 Å². The van der Waals surface area contributed by atoms with Gasteiger partial charge in [-0.1, -0.05) is 44.9 Å². The quantitative estimate of drug-likeness (QED) is 0.379. The fourth-order valence-corrected chi connectivity index (χ4v) is 1.15. The second-order valence-electron chi connectivity index (χ2n) is 3.33. The number of carbonyl (C=O) groups is 1. The minimum atomic E-state index is -0.328. The van der Waals surface area contributed by atoms with Gasteiger partial charge in [0.15, 0.2) is 0 Å². The number of amides is 1. The first-order chi connectivity index (χ1) is 6.72.